The van der Waals surface area contributed by atoms with Crippen molar-refractivity contribution in [3.63, 3.8) is 0 Å². The predicted molar refractivity (Wildman–Crippen MR) is 83.1 cm³/mol. The van der Waals surface area contributed by atoms with Gasteiger partial charge in [-0.05, 0) is 49.8 Å². The van der Waals surface area contributed by atoms with E-state index in [9.17, 15) is 9.59 Å². The Hall–Kier alpha value is -2.82. The van der Waals surface area contributed by atoms with Gasteiger partial charge in [-0.15, -0.1) is 0 Å². The topological polar surface area (TPSA) is 68.5 Å². The van der Waals surface area contributed by atoms with Gasteiger partial charge in [0.25, 0.3) is 5.91 Å². The van der Waals surface area contributed by atoms with Crippen LogP contribution >= 0.6 is 0 Å². The molecule has 22 heavy (non-hydrogen) atoms. The van der Waals surface area contributed by atoms with E-state index in [-0.39, 0.29) is 5.91 Å². The van der Waals surface area contributed by atoms with E-state index in [0.717, 1.165) is 5.56 Å². The van der Waals surface area contributed by atoms with E-state index >= 15 is 0 Å². The number of hydrogen-bond donors (Lipinski definition) is 1. The van der Waals surface area contributed by atoms with E-state index in [4.69, 9.17) is 9.15 Å². The van der Waals surface area contributed by atoms with Crippen LogP contribution in [0.1, 0.15) is 18.2 Å². The fourth-order valence-corrected chi connectivity index (χ4v) is 1.77. The molecule has 5 nitrogen and oxygen atoms in total. The largest absolute Gasteiger partial charge is 0.465 e. The zero-order chi connectivity index (χ0) is 15.9. The lowest BCUT2D eigenvalue weighted by molar-refractivity contribution is -0.148. The Balaban J connectivity index is 1.87. The standard InChI is InChI=1S/C17H17NO4/c1-12-5-3-6-14(11-12)18-17(20)13(2)22-16(19)9-8-15-7-4-10-21-15/h3-11,13H,1-2H3,(H,18,20)/b9-8+/t13-/m0/s1. The fourth-order valence-electron chi connectivity index (χ4n) is 1.77. The van der Waals surface area contributed by atoms with Crippen LogP contribution in [0.5, 0.6) is 0 Å². The highest BCUT2D eigenvalue weighted by atomic mass is 16.5. The molecule has 0 unspecified atom stereocenters. The van der Waals surface area contributed by atoms with E-state index in [1.807, 2.05) is 25.1 Å². The molecule has 0 aliphatic carbocycles. The van der Waals surface area contributed by atoms with Gasteiger partial charge in [0.15, 0.2) is 6.10 Å². The molecule has 0 bridgehead atoms. The summed E-state index contributed by atoms with van der Waals surface area (Å²) in [5.74, 6) is -0.456. The van der Waals surface area contributed by atoms with E-state index in [1.54, 1.807) is 18.2 Å². The van der Waals surface area contributed by atoms with Gasteiger partial charge in [-0.2, -0.15) is 0 Å². The number of ether oxygens (including phenoxy) is 1. The van der Waals surface area contributed by atoms with Crippen LogP contribution in [0, 0.1) is 6.92 Å². The summed E-state index contributed by atoms with van der Waals surface area (Å²) in [6.45, 7) is 3.45. The molecule has 1 aromatic heterocycles. The second-order valence-electron chi connectivity index (χ2n) is 4.79. The van der Waals surface area contributed by atoms with E-state index in [2.05, 4.69) is 5.32 Å². The smallest absolute Gasteiger partial charge is 0.331 e. The number of carbonyl (C=O) groups excluding carboxylic acids is 2. The molecule has 0 saturated heterocycles. The highest BCUT2D eigenvalue weighted by Gasteiger charge is 2.16. The van der Waals surface area contributed by atoms with Crippen molar-refractivity contribution in [1.29, 1.82) is 0 Å². The van der Waals surface area contributed by atoms with Crippen LogP contribution in [-0.2, 0) is 14.3 Å². The normalized spacial score (nSPS) is 12.1. The van der Waals surface area contributed by atoms with Crippen molar-refractivity contribution in [2.75, 3.05) is 5.32 Å². The number of esters is 1. The summed E-state index contributed by atoms with van der Waals surface area (Å²) in [7, 11) is 0. The Morgan fingerprint density at radius 3 is 2.77 bits per heavy atom. The Morgan fingerprint density at radius 2 is 2.09 bits per heavy atom. The monoisotopic (exact) mass is 299 g/mol. The van der Waals surface area contributed by atoms with Crippen LogP contribution in [0.3, 0.4) is 0 Å². The molecule has 0 radical (unpaired) electrons. The number of carbonyl (C=O) groups is 2. The Kier molecular flexibility index (Phi) is 5.14. The molecule has 114 valence electrons. The quantitative estimate of drug-likeness (QED) is 0.680. The maximum atomic E-state index is 12.0. The lowest BCUT2D eigenvalue weighted by Crippen LogP contribution is -2.29. The van der Waals surface area contributed by atoms with Gasteiger partial charge in [0.05, 0.1) is 6.26 Å². The first-order valence-electron chi connectivity index (χ1n) is 6.84. The van der Waals surface area contributed by atoms with Gasteiger partial charge in [0.2, 0.25) is 0 Å². The molecule has 1 N–H and O–H groups in total. The molecule has 0 aliphatic rings. The summed E-state index contributed by atoms with van der Waals surface area (Å²) in [6, 6.07) is 10.8. The van der Waals surface area contributed by atoms with Crippen LogP contribution in [0.4, 0.5) is 5.69 Å². The molecule has 2 aromatic rings. The van der Waals surface area contributed by atoms with Crippen LogP contribution in [-0.4, -0.2) is 18.0 Å². The third-order valence-corrected chi connectivity index (χ3v) is 2.87. The van der Waals surface area contributed by atoms with Gasteiger partial charge in [-0.1, -0.05) is 12.1 Å². The van der Waals surface area contributed by atoms with Gasteiger partial charge in [0.1, 0.15) is 5.76 Å². The lowest BCUT2D eigenvalue weighted by atomic mass is 10.2. The number of nitrogens with one attached hydrogen (secondary N) is 1. The summed E-state index contributed by atoms with van der Waals surface area (Å²) < 4.78 is 10.1. The van der Waals surface area contributed by atoms with Crippen molar-refractivity contribution < 1.29 is 18.7 Å². The molecule has 0 spiro atoms. The molecule has 0 aliphatic heterocycles. The van der Waals surface area contributed by atoms with Gasteiger partial charge in [0, 0.05) is 11.8 Å². The number of rotatable bonds is 5. The molecule has 1 aromatic carbocycles. The highest BCUT2D eigenvalue weighted by Crippen LogP contribution is 2.10. The summed E-state index contributed by atoms with van der Waals surface area (Å²) in [4.78, 5) is 23.6. The number of benzene rings is 1. The average Bonchev–Trinajstić information content (AvgIpc) is 2.98. The minimum atomic E-state index is -0.894. The lowest BCUT2D eigenvalue weighted by Gasteiger charge is -2.12. The number of aryl methyl sites for hydroxylation is 1. The van der Waals surface area contributed by atoms with Crippen LogP contribution < -0.4 is 5.32 Å². The van der Waals surface area contributed by atoms with Crippen LogP contribution in [0.2, 0.25) is 0 Å². The van der Waals surface area contributed by atoms with E-state index < -0.39 is 12.1 Å². The first kappa shape index (κ1) is 15.6. The zero-order valence-corrected chi connectivity index (χ0v) is 12.4. The molecule has 0 saturated carbocycles. The summed E-state index contributed by atoms with van der Waals surface area (Å²) in [5.41, 5.74) is 1.70. The van der Waals surface area contributed by atoms with Crippen LogP contribution in [0.15, 0.2) is 53.2 Å². The minimum Gasteiger partial charge on any atom is -0.465 e. The molecule has 0 fully saturated rings. The molecular formula is C17H17NO4. The van der Waals surface area contributed by atoms with Crippen molar-refractivity contribution in [2.24, 2.45) is 0 Å². The first-order chi connectivity index (χ1) is 10.5. The molecule has 1 heterocycles. The predicted octanol–water partition coefficient (Wildman–Crippen LogP) is 3.17. The number of amides is 1. The average molecular weight is 299 g/mol. The maximum absolute atomic E-state index is 12.0. The van der Waals surface area contributed by atoms with Crippen LogP contribution in [0.25, 0.3) is 6.08 Å². The molecule has 1 amide bonds. The zero-order valence-electron chi connectivity index (χ0n) is 12.4. The minimum absolute atomic E-state index is 0.384. The second-order valence-corrected chi connectivity index (χ2v) is 4.79. The van der Waals surface area contributed by atoms with Gasteiger partial charge >= 0.3 is 5.97 Å². The van der Waals surface area contributed by atoms with Crippen molar-refractivity contribution in [2.45, 2.75) is 20.0 Å². The number of furan rings is 1. The molecule has 2 rings (SSSR count). The van der Waals surface area contributed by atoms with E-state index in [0.29, 0.717) is 11.4 Å². The third kappa shape index (κ3) is 4.63. The Morgan fingerprint density at radius 1 is 1.27 bits per heavy atom. The summed E-state index contributed by atoms with van der Waals surface area (Å²) in [5, 5.41) is 2.70. The van der Waals surface area contributed by atoms with Crippen molar-refractivity contribution in [3.8, 4) is 0 Å². The van der Waals surface area contributed by atoms with Crippen molar-refractivity contribution in [1.82, 2.24) is 0 Å². The first-order valence-corrected chi connectivity index (χ1v) is 6.84. The van der Waals surface area contributed by atoms with Crippen molar-refractivity contribution in [3.05, 3.63) is 60.1 Å². The van der Waals surface area contributed by atoms with Gasteiger partial charge < -0.3 is 14.5 Å². The number of hydrogen-bond acceptors (Lipinski definition) is 4. The molecular weight excluding hydrogens is 282 g/mol. The van der Waals surface area contributed by atoms with Gasteiger partial charge in [-0.3, -0.25) is 4.79 Å². The number of anilines is 1. The van der Waals surface area contributed by atoms with Crippen molar-refractivity contribution >= 4 is 23.6 Å². The Labute approximate surface area is 128 Å². The maximum Gasteiger partial charge on any atom is 0.331 e. The van der Waals surface area contributed by atoms with E-state index in [1.165, 1.54) is 25.3 Å². The third-order valence-electron chi connectivity index (χ3n) is 2.87. The SMILES string of the molecule is Cc1cccc(NC(=O)[C@H](C)OC(=O)/C=C/c2ccco2)c1. The fraction of sp³-hybridized carbons (Fsp3) is 0.176. The second kappa shape index (κ2) is 7.26. The van der Waals surface area contributed by atoms with Gasteiger partial charge in [-0.25, -0.2) is 4.79 Å². The molecule has 1 atom stereocenters. The summed E-state index contributed by atoms with van der Waals surface area (Å²) >= 11 is 0. The highest BCUT2D eigenvalue weighted by molar-refractivity contribution is 5.96. The molecule has 5 heteroatoms. The Bertz CT molecular complexity index is 674. The summed E-state index contributed by atoms with van der Waals surface area (Å²) in [6.07, 6.45) is 3.31.